The van der Waals surface area contributed by atoms with Crippen molar-refractivity contribution in [1.82, 2.24) is 9.13 Å². The molecule has 2 aromatic rings. The number of aldehydes is 1. The fourth-order valence-electron chi connectivity index (χ4n) is 2.65. The molecule has 0 aromatic carbocycles. The van der Waals surface area contributed by atoms with Crippen molar-refractivity contribution in [2.75, 3.05) is 13.2 Å². The van der Waals surface area contributed by atoms with E-state index >= 15 is 0 Å². The van der Waals surface area contributed by atoms with Gasteiger partial charge in [-0.3, -0.25) is 18.7 Å². The van der Waals surface area contributed by atoms with Gasteiger partial charge in [-0.2, -0.15) is 0 Å². The van der Waals surface area contributed by atoms with Gasteiger partial charge >= 0.3 is 5.69 Å². The topological polar surface area (TPSA) is 70.3 Å². The highest BCUT2D eigenvalue weighted by Crippen LogP contribution is 2.33. The second-order valence-electron chi connectivity index (χ2n) is 5.43. The van der Waals surface area contributed by atoms with Gasteiger partial charge in [0.15, 0.2) is 6.29 Å². The maximum atomic E-state index is 12.7. The maximum absolute atomic E-state index is 12.7. The molecule has 0 spiro atoms. The van der Waals surface area contributed by atoms with Crippen molar-refractivity contribution >= 4 is 27.8 Å². The van der Waals surface area contributed by atoms with Gasteiger partial charge in [0.1, 0.15) is 4.83 Å². The molecule has 0 N–H and O–H groups in total. The van der Waals surface area contributed by atoms with Crippen LogP contribution in [0.1, 0.15) is 41.0 Å². The molecule has 0 amide bonds. The Kier molecular flexibility index (Phi) is 4.01. The number of carbonyl (C=O) groups is 1. The van der Waals surface area contributed by atoms with Gasteiger partial charge in [-0.25, -0.2) is 4.79 Å². The Labute approximate surface area is 130 Å². The monoisotopic (exact) mass is 322 g/mol. The van der Waals surface area contributed by atoms with Crippen molar-refractivity contribution in [2.45, 2.75) is 39.3 Å². The molecule has 0 radical (unpaired) electrons. The van der Waals surface area contributed by atoms with Gasteiger partial charge in [0.25, 0.3) is 5.56 Å². The number of ether oxygens (including phenoxy) is 1. The average molecular weight is 322 g/mol. The fourth-order valence-corrected chi connectivity index (χ4v) is 3.78. The number of nitrogens with zero attached hydrogens (tertiary/aromatic N) is 2. The molecule has 22 heavy (non-hydrogen) atoms. The van der Waals surface area contributed by atoms with E-state index in [1.54, 1.807) is 11.5 Å². The lowest BCUT2D eigenvalue weighted by molar-refractivity contribution is 0.112. The third-order valence-corrected chi connectivity index (χ3v) is 5.20. The van der Waals surface area contributed by atoms with Crippen LogP contribution in [0.5, 0.6) is 0 Å². The Bertz CT molecular complexity index is 842. The van der Waals surface area contributed by atoms with Crippen molar-refractivity contribution in [3.8, 4) is 0 Å². The van der Waals surface area contributed by atoms with Crippen LogP contribution in [-0.2, 0) is 11.3 Å². The second kappa shape index (κ2) is 5.81. The van der Waals surface area contributed by atoms with Crippen molar-refractivity contribution in [3.05, 3.63) is 31.3 Å². The molecule has 118 valence electrons. The molecule has 3 rings (SSSR count). The summed E-state index contributed by atoms with van der Waals surface area (Å²) in [4.78, 5) is 37.6. The summed E-state index contributed by atoms with van der Waals surface area (Å²) in [5.41, 5.74) is 0.106. The Morgan fingerprint density at radius 1 is 1.36 bits per heavy atom. The maximum Gasteiger partial charge on any atom is 0.332 e. The molecule has 0 unspecified atom stereocenters. The quantitative estimate of drug-likeness (QED) is 0.600. The van der Waals surface area contributed by atoms with Crippen LogP contribution >= 0.6 is 11.3 Å². The van der Waals surface area contributed by atoms with Gasteiger partial charge in [0.2, 0.25) is 0 Å². The van der Waals surface area contributed by atoms with Crippen molar-refractivity contribution in [1.29, 1.82) is 0 Å². The van der Waals surface area contributed by atoms with Gasteiger partial charge in [-0.15, -0.1) is 11.3 Å². The van der Waals surface area contributed by atoms with Crippen molar-refractivity contribution in [3.63, 3.8) is 0 Å². The average Bonchev–Trinajstić information content (AvgIpc) is 3.26. The first-order valence-electron chi connectivity index (χ1n) is 7.41. The number of rotatable bonds is 6. The molecule has 7 heteroatoms. The second-order valence-corrected chi connectivity index (χ2v) is 6.46. The van der Waals surface area contributed by atoms with Gasteiger partial charge in [-0.05, 0) is 32.3 Å². The predicted molar refractivity (Wildman–Crippen MR) is 85.2 cm³/mol. The minimum atomic E-state index is -0.293. The predicted octanol–water partition coefficient (Wildman–Crippen LogP) is 1.72. The highest BCUT2D eigenvalue weighted by Gasteiger charge is 2.30. The lowest BCUT2D eigenvalue weighted by Gasteiger charge is -2.11. The van der Waals surface area contributed by atoms with Gasteiger partial charge in [0, 0.05) is 12.6 Å². The fraction of sp³-hybridized carbons (Fsp3) is 0.533. The number of aryl methyl sites for hydroxylation is 1. The van der Waals surface area contributed by atoms with Gasteiger partial charge < -0.3 is 4.74 Å². The number of aromatic nitrogens is 2. The molecule has 6 nitrogen and oxygen atoms in total. The highest BCUT2D eigenvalue weighted by molar-refractivity contribution is 7.20. The summed E-state index contributed by atoms with van der Waals surface area (Å²) in [5, 5.41) is 0.495. The van der Waals surface area contributed by atoms with E-state index in [4.69, 9.17) is 4.74 Å². The third kappa shape index (κ3) is 2.34. The normalized spacial score (nSPS) is 14.6. The van der Waals surface area contributed by atoms with Crippen molar-refractivity contribution < 1.29 is 9.53 Å². The standard InChI is InChI=1S/C15H18N2O4S/c1-3-21-7-6-16-14-12(9(2)11(8-18)22-14)13(19)17(15(16)20)10-4-5-10/h8,10H,3-7H2,1-2H3. The molecule has 2 aromatic heterocycles. The number of fused-ring (bicyclic) bond motifs is 1. The van der Waals surface area contributed by atoms with Crippen molar-refractivity contribution in [2.24, 2.45) is 0 Å². The van der Waals surface area contributed by atoms with E-state index < -0.39 is 0 Å². The van der Waals surface area contributed by atoms with Crippen LogP contribution in [0.4, 0.5) is 0 Å². The van der Waals surface area contributed by atoms with Crippen LogP contribution in [0.2, 0.25) is 0 Å². The van der Waals surface area contributed by atoms with Crippen LogP contribution in [0, 0.1) is 6.92 Å². The van der Waals surface area contributed by atoms with Crippen LogP contribution < -0.4 is 11.2 Å². The number of hydrogen-bond acceptors (Lipinski definition) is 5. The van der Waals surface area contributed by atoms with E-state index in [1.165, 1.54) is 15.9 Å². The Morgan fingerprint density at radius 3 is 2.68 bits per heavy atom. The summed E-state index contributed by atoms with van der Waals surface area (Å²) in [6.45, 7) is 5.02. The molecule has 0 saturated heterocycles. The number of hydrogen-bond donors (Lipinski definition) is 0. The van der Waals surface area contributed by atoms with Gasteiger partial charge in [0.05, 0.1) is 23.4 Å². The van der Waals surface area contributed by atoms with E-state index in [9.17, 15) is 14.4 Å². The Balaban J connectivity index is 2.28. The first-order valence-corrected chi connectivity index (χ1v) is 8.23. The lowest BCUT2D eigenvalue weighted by atomic mass is 10.2. The molecular formula is C15H18N2O4S. The zero-order chi connectivity index (χ0) is 15.9. The molecule has 1 saturated carbocycles. The van der Waals surface area contributed by atoms with E-state index in [2.05, 4.69) is 0 Å². The van der Waals surface area contributed by atoms with E-state index in [0.717, 1.165) is 19.1 Å². The molecule has 0 bridgehead atoms. The van der Waals surface area contributed by atoms with E-state index in [-0.39, 0.29) is 17.3 Å². The molecule has 1 aliphatic rings. The van der Waals surface area contributed by atoms with E-state index in [1.807, 2.05) is 6.92 Å². The summed E-state index contributed by atoms with van der Waals surface area (Å²) in [5.74, 6) is 0. The third-order valence-electron chi connectivity index (χ3n) is 3.96. The molecule has 0 aliphatic heterocycles. The first-order chi connectivity index (χ1) is 10.6. The minimum absolute atomic E-state index is 0.00160. The summed E-state index contributed by atoms with van der Waals surface area (Å²) in [7, 11) is 0. The van der Waals surface area contributed by atoms with Gasteiger partial charge in [-0.1, -0.05) is 0 Å². The van der Waals surface area contributed by atoms with Crippen LogP contribution in [-0.4, -0.2) is 28.6 Å². The van der Waals surface area contributed by atoms with Crippen LogP contribution in [0.25, 0.3) is 10.2 Å². The zero-order valence-electron chi connectivity index (χ0n) is 12.6. The molecule has 0 atom stereocenters. The summed E-state index contributed by atoms with van der Waals surface area (Å²) in [6, 6.07) is 0.00160. The summed E-state index contributed by atoms with van der Waals surface area (Å²) >= 11 is 1.20. The summed E-state index contributed by atoms with van der Waals surface area (Å²) < 4.78 is 8.27. The number of thiophene rings is 1. The molecule has 1 aliphatic carbocycles. The zero-order valence-corrected chi connectivity index (χ0v) is 13.4. The Morgan fingerprint density at radius 2 is 2.09 bits per heavy atom. The largest absolute Gasteiger partial charge is 0.380 e. The lowest BCUT2D eigenvalue weighted by Crippen LogP contribution is -2.39. The van der Waals surface area contributed by atoms with E-state index in [0.29, 0.717) is 40.4 Å². The molecular weight excluding hydrogens is 304 g/mol. The number of carbonyl (C=O) groups excluding carboxylic acids is 1. The van der Waals surface area contributed by atoms with Crippen LogP contribution in [0.3, 0.4) is 0 Å². The summed E-state index contributed by atoms with van der Waals surface area (Å²) in [6.07, 6.45) is 2.46. The molecule has 1 fully saturated rings. The van der Waals surface area contributed by atoms with Crippen LogP contribution in [0.15, 0.2) is 9.59 Å². The highest BCUT2D eigenvalue weighted by atomic mass is 32.1. The first kappa shape index (κ1) is 15.2. The SMILES string of the molecule is CCOCCn1c(=O)n(C2CC2)c(=O)c2c(C)c(C=O)sc21. The molecule has 2 heterocycles. The Hall–Kier alpha value is -1.73. The smallest absolute Gasteiger partial charge is 0.332 e. The minimum Gasteiger partial charge on any atom is -0.380 e.